The van der Waals surface area contributed by atoms with Gasteiger partial charge in [0.1, 0.15) is 0 Å². The molecule has 1 rings (SSSR count). The van der Waals surface area contributed by atoms with Crippen LogP contribution in [-0.4, -0.2) is 32.7 Å². The Hall–Kier alpha value is -1.56. The van der Waals surface area contributed by atoms with Gasteiger partial charge in [-0.25, -0.2) is 8.42 Å². The van der Waals surface area contributed by atoms with E-state index in [2.05, 4.69) is 10.3 Å². The SMILES string of the molecule is CC(C)(C)NC(N)=NCCc1ccc(S(C)(=O)=O)cc1. The lowest BCUT2D eigenvalue weighted by Gasteiger charge is -2.20. The van der Waals surface area contributed by atoms with Crippen LogP contribution < -0.4 is 11.1 Å². The molecule has 5 nitrogen and oxygen atoms in total. The van der Waals surface area contributed by atoms with E-state index in [-0.39, 0.29) is 5.54 Å². The Morgan fingerprint density at radius 2 is 1.80 bits per heavy atom. The first-order valence-electron chi connectivity index (χ1n) is 6.45. The predicted molar refractivity (Wildman–Crippen MR) is 82.6 cm³/mol. The van der Waals surface area contributed by atoms with E-state index in [4.69, 9.17) is 5.73 Å². The van der Waals surface area contributed by atoms with E-state index in [0.29, 0.717) is 17.4 Å². The first-order chi connectivity index (χ1) is 9.08. The molecule has 1 aromatic rings. The second kappa shape index (κ2) is 6.26. The summed E-state index contributed by atoms with van der Waals surface area (Å²) in [6.45, 7) is 6.60. The molecule has 0 bridgehead atoms. The van der Waals surface area contributed by atoms with Gasteiger partial charge in [0.05, 0.1) is 4.90 Å². The van der Waals surface area contributed by atoms with E-state index in [1.54, 1.807) is 24.3 Å². The lowest BCUT2D eigenvalue weighted by molar-refractivity contribution is 0.508. The largest absolute Gasteiger partial charge is 0.370 e. The highest BCUT2D eigenvalue weighted by Gasteiger charge is 2.09. The number of hydrogen-bond acceptors (Lipinski definition) is 3. The fraction of sp³-hybridized carbons (Fsp3) is 0.500. The molecule has 0 fully saturated rings. The van der Waals surface area contributed by atoms with Crippen LogP contribution in [0.1, 0.15) is 26.3 Å². The Labute approximate surface area is 121 Å². The lowest BCUT2D eigenvalue weighted by atomic mass is 10.1. The highest BCUT2D eigenvalue weighted by atomic mass is 32.2. The van der Waals surface area contributed by atoms with Gasteiger partial charge in [0.15, 0.2) is 15.8 Å². The first kappa shape index (κ1) is 16.5. The third-order valence-electron chi connectivity index (χ3n) is 2.54. The summed E-state index contributed by atoms with van der Waals surface area (Å²) in [6, 6.07) is 6.84. The molecule has 0 aliphatic carbocycles. The number of rotatable bonds is 4. The Morgan fingerprint density at radius 3 is 2.25 bits per heavy atom. The van der Waals surface area contributed by atoms with Gasteiger partial charge in [-0.3, -0.25) is 4.99 Å². The number of guanidine groups is 1. The van der Waals surface area contributed by atoms with E-state index in [9.17, 15) is 8.42 Å². The van der Waals surface area contributed by atoms with Gasteiger partial charge in [-0.05, 0) is 44.9 Å². The van der Waals surface area contributed by atoms with Crippen LogP contribution in [-0.2, 0) is 16.3 Å². The Balaban J connectivity index is 2.57. The summed E-state index contributed by atoms with van der Waals surface area (Å²) in [4.78, 5) is 4.57. The molecule has 0 aliphatic rings. The second-order valence-corrected chi connectivity index (χ2v) is 7.82. The fourth-order valence-electron chi connectivity index (χ4n) is 1.63. The van der Waals surface area contributed by atoms with Gasteiger partial charge in [-0.2, -0.15) is 0 Å². The minimum Gasteiger partial charge on any atom is -0.370 e. The molecule has 20 heavy (non-hydrogen) atoms. The Morgan fingerprint density at radius 1 is 1.25 bits per heavy atom. The van der Waals surface area contributed by atoms with E-state index in [1.807, 2.05) is 20.8 Å². The minimum absolute atomic E-state index is 0.106. The van der Waals surface area contributed by atoms with Crippen molar-refractivity contribution < 1.29 is 8.42 Å². The normalized spacial score (nSPS) is 13.3. The molecule has 0 atom stereocenters. The maximum Gasteiger partial charge on any atom is 0.188 e. The number of nitrogens with two attached hydrogens (primary N) is 1. The van der Waals surface area contributed by atoms with Crippen LogP contribution in [0.25, 0.3) is 0 Å². The number of aliphatic imine (C=N–C) groups is 1. The topological polar surface area (TPSA) is 84.5 Å². The zero-order valence-corrected chi connectivity index (χ0v) is 13.3. The highest BCUT2D eigenvalue weighted by Crippen LogP contribution is 2.10. The molecule has 0 saturated heterocycles. The number of nitrogens with one attached hydrogen (secondary N) is 1. The van der Waals surface area contributed by atoms with E-state index >= 15 is 0 Å². The summed E-state index contributed by atoms with van der Waals surface area (Å²) in [5.41, 5.74) is 6.69. The molecule has 1 aromatic carbocycles. The summed E-state index contributed by atoms with van der Waals surface area (Å²) in [5.74, 6) is 0.422. The van der Waals surface area contributed by atoms with Crippen LogP contribution in [0.15, 0.2) is 34.2 Å². The molecule has 0 aliphatic heterocycles. The highest BCUT2D eigenvalue weighted by molar-refractivity contribution is 7.90. The Bertz CT molecular complexity index is 569. The van der Waals surface area contributed by atoms with Crippen LogP contribution in [0.3, 0.4) is 0 Å². The number of nitrogens with zero attached hydrogens (tertiary/aromatic N) is 1. The van der Waals surface area contributed by atoms with Crippen LogP contribution >= 0.6 is 0 Å². The van der Waals surface area contributed by atoms with Gasteiger partial charge in [-0.15, -0.1) is 0 Å². The molecule has 0 unspecified atom stereocenters. The molecule has 112 valence electrons. The van der Waals surface area contributed by atoms with Gasteiger partial charge in [0.2, 0.25) is 0 Å². The summed E-state index contributed by atoms with van der Waals surface area (Å²) in [7, 11) is -3.13. The van der Waals surface area contributed by atoms with Gasteiger partial charge >= 0.3 is 0 Å². The molecular weight excluding hydrogens is 274 g/mol. The maximum absolute atomic E-state index is 11.3. The smallest absolute Gasteiger partial charge is 0.188 e. The van der Waals surface area contributed by atoms with Crippen molar-refractivity contribution in [2.45, 2.75) is 37.6 Å². The van der Waals surface area contributed by atoms with Crippen molar-refractivity contribution in [2.75, 3.05) is 12.8 Å². The van der Waals surface area contributed by atoms with Crippen molar-refractivity contribution in [3.8, 4) is 0 Å². The molecule has 0 heterocycles. The van der Waals surface area contributed by atoms with Gasteiger partial charge < -0.3 is 11.1 Å². The molecule has 0 spiro atoms. The zero-order chi connectivity index (χ0) is 15.4. The van der Waals surface area contributed by atoms with Crippen molar-refractivity contribution in [1.82, 2.24) is 5.32 Å². The van der Waals surface area contributed by atoms with Gasteiger partial charge in [0.25, 0.3) is 0 Å². The van der Waals surface area contributed by atoms with Crippen molar-refractivity contribution in [3.05, 3.63) is 29.8 Å². The zero-order valence-electron chi connectivity index (χ0n) is 12.5. The fourth-order valence-corrected chi connectivity index (χ4v) is 2.26. The molecule has 0 amide bonds. The molecule has 0 saturated carbocycles. The summed E-state index contributed by atoms with van der Waals surface area (Å²) in [6.07, 6.45) is 1.92. The lowest BCUT2D eigenvalue weighted by Crippen LogP contribution is -2.45. The quantitative estimate of drug-likeness (QED) is 0.649. The summed E-state index contributed by atoms with van der Waals surface area (Å²) in [5, 5.41) is 3.08. The number of sulfone groups is 1. The third kappa shape index (κ3) is 6.06. The van der Waals surface area contributed by atoms with Crippen molar-refractivity contribution in [1.29, 1.82) is 0 Å². The van der Waals surface area contributed by atoms with Crippen LogP contribution in [0.5, 0.6) is 0 Å². The van der Waals surface area contributed by atoms with Crippen LogP contribution in [0.4, 0.5) is 0 Å². The average Bonchev–Trinajstić information content (AvgIpc) is 2.26. The average molecular weight is 297 g/mol. The monoisotopic (exact) mass is 297 g/mol. The Kier molecular flexibility index (Phi) is 5.16. The number of hydrogen-bond donors (Lipinski definition) is 2. The van der Waals surface area contributed by atoms with Crippen molar-refractivity contribution in [3.63, 3.8) is 0 Å². The predicted octanol–water partition coefficient (Wildman–Crippen LogP) is 1.34. The molecule has 0 radical (unpaired) electrons. The molecule has 3 N–H and O–H groups in total. The third-order valence-corrected chi connectivity index (χ3v) is 3.67. The van der Waals surface area contributed by atoms with E-state index in [0.717, 1.165) is 12.0 Å². The molecular formula is C14H23N3O2S. The molecule has 6 heteroatoms. The van der Waals surface area contributed by atoms with Gasteiger partial charge in [0, 0.05) is 18.3 Å². The summed E-state index contributed by atoms with van der Waals surface area (Å²) >= 11 is 0. The standard InChI is InChI=1S/C14H23N3O2S/c1-14(2,3)17-13(15)16-10-9-11-5-7-12(8-6-11)20(4,18)19/h5-8H,9-10H2,1-4H3,(H3,15,16,17). The van der Waals surface area contributed by atoms with Crippen LogP contribution in [0, 0.1) is 0 Å². The molecule has 0 aromatic heterocycles. The first-order valence-corrected chi connectivity index (χ1v) is 8.34. The van der Waals surface area contributed by atoms with Crippen molar-refractivity contribution in [2.24, 2.45) is 10.7 Å². The summed E-state index contributed by atoms with van der Waals surface area (Å²) < 4.78 is 22.7. The van der Waals surface area contributed by atoms with Crippen molar-refractivity contribution >= 4 is 15.8 Å². The maximum atomic E-state index is 11.3. The van der Waals surface area contributed by atoms with E-state index in [1.165, 1.54) is 6.26 Å². The minimum atomic E-state index is -3.13. The van der Waals surface area contributed by atoms with Gasteiger partial charge in [-0.1, -0.05) is 12.1 Å². The second-order valence-electron chi connectivity index (χ2n) is 5.81. The number of benzene rings is 1. The van der Waals surface area contributed by atoms with Crippen LogP contribution in [0.2, 0.25) is 0 Å². The van der Waals surface area contributed by atoms with E-state index < -0.39 is 9.84 Å².